The van der Waals surface area contributed by atoms with Gasteiger partial charge in [0, 0.05) is 35.5 Å². The Hall–Kier alpha value is -2.57. The van der Waals surface area contributed by atoms with Crippen molar-refractivity contribution in [3.05, 3.63) is 69.9 Å². The molecule has 5 nitrogen and oxygen atoms in total. The summed E-state index contributed by atoms with van der Waals surface area (Å²) in [5, 5.41) is 7.57. The average molecular weight is 457 g/mol. The minimum atomic E-state index is -0.0243. The summed E-state index contributed by atoms with van der Waals surface area (Å²) in [7, 11) is 0. The summed E-state index contributed by atoms with van der Waals surface area (Å²) in [5.41, 5.74) is 11.2. The highest BCUT2D eigenvalue weighted by atomic mass is 79.9. The first-order valence-electron chi connectivity index (χ1n) is 9.68. The third-order valence-corrected chi connectivity index (χ3v) is 5.18. The topological polar surface area (TPSA) is 79.7 Å². The monoisotopic (exact) mass is 456 g/mol. The first kappa shape index (κ1) is 21.1. The summed E-state index contributed by atoms with van der Waals surface area (Å²) >= 11 is 3.43. The second-order valence-electron chi connectivity index (χ2n) is 6.75. The lowest BCUT2D eigenvalue weighted by molar-refractivity contribution is 0.0987. The molecular formula is C23H25BrN2O3. The number of halogens is 1. The minimum Gasteiger partial charge on any atom is -0.449 e. The summed E-state index contributed by atoms with van der Waals surface area (Å²) < 4.78 is 6.61. The molecule has 3 aromatic rings. The maximum atomic E-state index is 13.2. The van der Waals surface area contributed by atoms with Crippen LogP contribution >= 0.6 is 15.9 Å². The van der Waals surface area contributed by atoms with E-state index in [1.54, 1.807) is 31.2 Å². The van der Waals surface area contributed by atoms with E-state index in [1.807, 2.05) is 11.0 Å². The lowest BCUT2D eigenvalue weighted by atomic mass is 10.0. The van der Waals surface area contributed by atoms with Crippen LogP contribution in [-0.4, -0.2) is 24.2 Å². The SMILES string of the molecule is CCO.CCc1ccc2c(c1)N(C(=O)c1ccc(N)cc1)CCc1cc(Br)oc1-2. The zero-order chi connectivity index (χ0) is 21.0. The second-order valence-corrected chi connectivity index (χ2v) is 7.54. The highest BCUT2D eigenvalue weighted by molar-refractivity contribution is 9.10. The highest BCUT2D eigenvalue weighted by Gasteiger charge is 2.27. The number of carbonyl (C=O) groups excluding carboxylic acids is 1. The average Bonchev–Trinajstić information content (AvgIpc) is 3.02. The van der Waals surface area contributed by atoms with Crippen molar-refractivity contribution < 1.29 is 14.3 Å². The summed E-state index contributed by atoms with van der Waals surface area (Å²) in [6.45, 7) is 4.64. The Morgan fingerprint density at radius 3 is 2.52 bits per heavy atom. The van der Waals surface area contributed by atoms with E-state index in [9.17, 15) is 4.79 Å². The van der Waals surface area contributed by atoms with Gasteiger partial charge in [0.2, 0.25) is 0 Å². The second kappa shape index (κ2) is 9.29. The number of amides is 1. The van der Waals surface area contributed by atoms with Gasteiger partial charge in [0.15, 0.2) is 4.67 Å². The predicted molar refractivity (Wildman–Crippen MR) is 120 cm³/mol. The van der Waals surface area contributed by atoms with Crippen molar-refractivity contribution in [1.29, 1.82) is 0 Å². The van der Waals surface area contributed by atoms with Gasteiger partial charge in [0.1, 0.15) is 5.76 Å². The number of nitrogens with zero attached hydrogens (tertiary/aromatic N) is 1. The lowest BCUT2D eigenvalue weighted by Crippen LogP contribution is -2.32. The molecule has 1 amide bonds. The molecule has 0 atom stereocenters. The molecule has 152 valence electrons. The van der Waals surface area contributed by atoms with Crippen molar-refractivity contribution in [2.75, 3.05) is 23.8 Å². The standard InChI is InChI=1S/C21H19BrN2O2.C2H6O/c1-2-13-3-8-17-18(11-13)24(10-9-15-12-19(22)26-20(15)17)21(25)14-4-6-16(23)7-5-14;1-2-3/h3-8,11-12H,2,9-10,23H2,1H3;3H,2H2,1H3. The number of hydrogen-bond acceptors (Lipinski definition) is 4. The molecule has 4 rings (SSSR count). The number of aliphatic hydroxyl groups is 1. The Labute approximate surface area is 179 Å². The normalized spacial score (nSPS) is 12.3. The third-order valence-electron chi connectivity index (χ3n) is 4.79. The molecule has 6 heteroatoms. The van der Waals surface area contributed by atoms with Gasteiger partial charge in [-0.25, -0.2) is 0 Å². The molecule has 0 aliphatic carbocycles. The van der Waals surface area contributed by atoms with Crippen LogP contribution in [0.5, 0.6) is 0 Å². The number of aliphatic hydroxyl groups excluding tert-OH is 1. The molecule has 0 unspecified atom stereocenters. The fourth-order valence-electron chi connectivity index (χ4n) is 3.37. The first-order chi connectivity index (χ1) is 14.0. The fraction of sp³-hybridized carbons (Fsp3) is 0.261. The molecule has 1 aliphatic heterocycles. The van der Waals surface area contributed by atoms with Crippen molar-refractivity contribution in [1.82, 2.24) is 0 Å². The van der Waals surface area contributed by atoms with Gasteiger partial charge in [-0.15, -0.1) is 0 Å². The van der Waals surface area contributed by atoms with Crippen molar-refractivity contribution in [3.63, 3.8) is 0 Å². The number of aryl methyl sites for hydroxylation is 1. The van der Waals surface area contributed by atoms with Crippen molar-refractivity contribution >= 4 is 33.2 Å². The van der Waals surface area contributed by atoms with Crippen LogP contribution in [0.25, 0.3) is 11.3 Å². The molecule has 2 heterocycles. The quantitative estimate of drug-likeness (QED) is 0.528. The van der Waals surface area contributed by atoms with Crippen LogP contribution in [-0.2, 0) is 12.8 Å². The Balaban J connectivity index is 0.000000755. The molecule has 0 bridgehead atoms. The Morgan fingerprint density at radius 1 is 1.17 bits per heavy atom. The number of carbonyl (C=O) groups is 1. The van der Waals surface area contributed by atoms with E-state index < -0.39 is 0 Å². The van der Waals surface area contributed by atoms with Gasteiger partial charge in [0.05, 0.1) is 5.69 Å². The van der Waals surface area contributed by atoms with E-state index in [-0.39, 0.29) is 12.5 Å². The zero-order valence-corrected chi connectivity index (χ0v) is 18.2. The van der Waals surface area contributed by atoms with E-state index in [4.69, 9.17) is 15.3 Å². The Kier molecular flexibility index (Phi) is 6.77. The Bertz CT molecular complexity index is 996. The Morgan fingerprint density at radius 2 is 1.86 bits per heavy atom. The van der Waals surface area contributed by atoms with Crippen LogP contribution in [0.4, 0.5) is 11.4 Å². The molecule has 1 aliphatic rings. The van der Waals surface area contributed by atoms with Gasteiger partial charge in [-0.3, -0.25) is 4.79 Å². The zero-order valence-electron chi connectivity index (χ0n) is 16.6. The fourth-order valence-corrected chi connectivity index (χ4v) is 3.80. The molecule has 0 spiro atoms. The summed E-state index contributed by atoms with van der Waals surface area (Å²) in [6.07, 6.45) is 1.65. The molecule has 3 N–H and O–H groups in total. The third kappa shape index (κ3) is 4.54. The molecule has 0 fully saturated rings. The van der Waals surface area contributed by atoms with Gasteiger partial charge < -0.3 is 20.2 Å². The number of nitrogens with two attached hydrogens (primary N) is 1. The van der Waals surface area contributed by atoms with Crippen molar-refractivity contribution in [3.8, 4) is 11.3 Å². The summed E-state index contributed by atoms with van der Waals surface area (Å²) in [5.74, 6) is 0.811. The van der Waals surface area contributed by atoms with E-state index in [0.29, 0.717) is 22.5 Å². The maximum Gasteiger partial charge on any atom is 0.258 e. The van der Waals surface area contributed by atoms with Gasteiger partial charge >= 0.3 is 0 Å². The summed E-state index contributed by atoms with van der Waals surface area (Å²) in [4.78, 5) is 15.1. The number of nitrogen functional groups attached to an aromatic ring is 1. The number of furan rings is 1. The maximum absolute atomic E-state index is 13.2. The van der Waals surface area contributed by atoms with Crippen LogP contribution in [0.1, 0.15) is 35.3 Å². The van der Waals surface area contributed by atoms with E-state index in [2.05, 4.69) is 41.1 Å². The minimum absolute atomic E-state index is 0.0243. The molecule has 0 radical (unpaired) electrons. The number of benzene rings is 2. The molecule has 29 heavy (non-hydrogen) atoms. The molecular weight excluding hydrogens is 432 g/mol. The van der Waals surface area contributed by atoms with Gasteiger partial charge in [-0.2, -0.15) is 0 Å². The van der Waals surface area contributed by atoms with Crippen LogP contribution < -0.4 is 10.6 Å². The predicted octanol–water partition coefficient (Wildman–Crippen LogP) is 5.06. The summed E-state index contributed by atoms with van der Waals surface area (Å²) in [6, 6.07) is 15.3. The van der Waals surface area contributed by atoms with E-state index in [0.717, 1.165) is 35.4 Å². The van der Waals surface area contributed by atoms with Crippen molar-refractivity contribution in [2.45, 2.75) is 26.7 Å². The first-order valence-corrected chi connectivity index (χ1v) is 10.5. The highest BCUT2D eigenvalue weighted by Crippen LogP contribution is 2.40. The van der Waals surface area contributed by atoms with E-state index in [1.165, 1.54) is 5.56 Å². The molecule has 0 saturated heterocycles. The van der Waals surface area contributed by atoms with Crippen molar-refractivity contribution in [2.24, 2.45) is 0 Å². The number of hydrogen-bond donors (Lipinski definition) is 2. The molecule has 1 aromatic heterocycles. The lowest BCUT2D eigenvalue weighted by Gasteiger charge is -2.23. The molecule has 0 saturated carbocycles. The van der Waals surface area contributed by atoms with Crippen LogP contribution in [0.2, 0.25) is 0 Å². The van der Waals surface area contributed by atoms with Gasteiger partial charge in [0.25, 0.3) is 5.91 Å². The smallest absolute Gasteiger partial charge is 0.258 e. The van der Waals surface area contributed by atoms with Crippen LogP contribution in [0.3, 0.4) is 0 Å². The number of rotatable bonds is 2. The largest absolute Gasteiger partial charge is 0.449 e. The van der Waals surface area contributed by atoms with Gasteiger partial charge in [-0.1, -0.05) is 13.0 Å². The number of fused-ring (bicyclic) bond motifs is 3. The molecule has 2 aromatic carbocycles. The number of anilines is 2. The van der Waals surface area contributed by atoms with Crippen LogP contribution in [0, 0.1) is 0 Å². The van der Waals surface area contributed by atoms with E-state index >= 15 is 0 Å². The van der Waals surface area contributed by atoms with Crippen LogP contribution in [0.15, 0.2) is 57.6 Å². The van der Waals surface area contributed by atoms with Gasteiger partial charge in [-0.05, 0) is 83.7 Å².